The van der Waals surface area contributed by atoms with Crippen LogP contribution >= 0.6 is 0 Å². The molecule has 3 rings (SSSR count). The number of carbonyl (C=O) groups is 1. The number of aliphatic hydroxyl groups is 1. The molecule has 1 aromatic carbocycles. The fourth-order valence-electron chi connectivity index (χ4n) is 3.45. The summed E-state index contributed by atoms with van der Waals surface area (Å²) in [6.45, 7) is 2.13. The summed E-state index contributed by atoms with van der Waals surface area (Å²) in [6.07, 6.45) is 7.43. The fourth-order valence-corrected chi connectivity index (χ4v) is 3.45. The highest BCUT2D eigenvalue weighted by Crippen LogP contribution is 2.32. The summed E-state index contributed by atoms with van der Waals surface area (Å²) in [5.41, 5.74) is 0.636. The molecule has 1 amide bonds. The number of pyridine rings is 1. The van der Waals surface area contributed by atoms with Gasteiger partial charge in [0.05, 0.1) is 11.1 Å². The highest BCUT2D eigenvalue weighted by atomic mass is 16.3. The molecule has 0 saturated heterocycles. The fraction of sp³-hybridized carbons (Fsp3) is 0.474. The summed E-state index contributed by atoms with van der Waals surface area (Å²) in [5.74, 6) is 0.129. The molecule has 122 valence electrons. The van der Waals surface area contributed by atoms with Crippen molar-refractivity contribution in [1.29, 1.82) is 0 Å². The molecule has 1 aliphatic rings. The van der Waals surface area contributed by atoms with Crippen molar-refractivity contribution in [3.8, 4) is 0 Å². The lowest BCUT2D eigenvalue weighted by molar-refractivity contribution is -0.0143. The van der Waals surface area contributed by atoms with Crippen LogP contribution in [0.4, 0.5) is 0 Å². The molecule has 2 aromatic rings. The molecule has 1 fully saturated rings. The summed E-state index contributed by atoms with van der Waals surface area (Å²) in [6, 6.07) is 9.27. The molecule has 0 radical (unpaired) electrons. The number of carbonyl (C=O) groups excluding carboxylic acids is 1. The van der Waals surface area contributed by atoms with E-state index in [0.717, 1.165) is 23.7 Å². The van der Waals surface area contributed by atoms with Gasteiger partial charge in [0.15, 0.2) is 0 Å². The highest BCUT2D eigenvalue weighted by molar-refractivity contribution is 5.97. The van der Waals surface area contributed by atoms with Crippen LogP contribution in [0.2, 0.25) is 0 Å². The van der Waals surface area contributed by atoms with Crippen LogP contribution < -0.4 is 5.32 Å². The Bertz CT molecular complexity index is 691. The third kappa shape index (κ3) is 3.70. The molecule has 1 heterocycles. The second kappa shape index (κ2) is 6.67. The van der Waals surface area contributed by atoms with Gasteiger partial charge in [0.1, 0.15) is 0 Å². The Hall–Kier alpha value is -1.94. The first-order valence-corrected chi connectivity index (χ1v) is 8.42. The Balaban J connectivity index is 1.65. The van der Waals surface area contributed by atoms with Gasteiger partial charge in [-0.05, 0) is 49.9 Å². The van der Waals surface area contributed by atoms with Gasteiger partial charge in [0, 0.05) is 23.7 Å². The predicted octanol–water partition coefficient (Wildman–Crippen LogP) is 3.30. The van der Waals surface area contributed by atoms with E-state index >= 15 is 0 Å². The average Bonchev–Trinajstić information content (AvgIpc) is 2.60. The van der Waals surface area contributed by atoms with Gasteiger partial charge in [-0.2, -0.15) is 0 Å². The van der Waals surface area contributed by atoms with Gasteiger partial charge < -0.3 is 10.4 Å². The zero-order valence-electron chi connectivity index (χ0n) is 13.6. The lowest BCUT2D eigenvalue weighted by atomic mass is 9.78. The summed E-state index contributed by atoms with van der Waals surface area (Å²) < 4.78 is 0. The third-order valence-corrected chi connectivity index (χ3v) is 4.96. The van der Waals surface area contributed by atoms with Crippen molar-refractivity contribution in [3.63, 3.8) is 0 Å². The molecule has 1 atom stereocenters. The molecular weight excluding hydrogens is 288 g/mol. The number of benzene rings is 1. The second-order valence-electron chi connectivity index (χ2n) is 6.79. The lowest BCUT2D eigenvalue weighted by Gasteiger charge is -2.35. The summed E-state index contributed by atoms with van der Waals surface area (Å²) in [7, 11) is 0. The maximum Gasteiger partial charge on any atom is 0.251 e. The molecule has 1 unspecified atom stereocenters. The standard InChI is InChI=1S/C19H24N2O2/c1-19(23,16-7-3-2-4-8-16)13-21-18(22)15-9-10-17-14(12-15)6-5-11-20-17/h5-6,9-12,16,23H,2-4,7-8,13H2,1H3,(H,21,22). The number of fused-ring (bicyclic) bond motifs is 1. The van der Waals surface area contributed by atoms with E-state index < -0.39 is 5.60 Å². The van der Waals surface area contributed by atoms with E-state index in [9.17, 15) is 9.90 Å². The van der Waals surface area contributed by atoms with E-state index in [1.807, 2.05) is 31.2 Å². The lowest BCUT2D eigenvalue weighted by Crippen LogP contribution is -2.46. The van der Waals surface area contributed by atoms with Crippen LogP contribution in [0.15, 0.2) is 36.5 Å². The molecule has 4 nitrogen and oxygen atoms in total. The Kier molecular flexibility index (Phi) is 4.62. The van der Waals surface area contributed by atoms with E-state index in [1.54, 1.807) is 12.3 Å². The minimum absolute atomic E-state index is 0.146. The maximum absolute atomic E-state index is 12.4. The zero-order chi connectivity index (χ0) is 16.3. The number of amides is 1. The Morgan fingerprint density at radius 3 is 2.87 bits per heavy atom. The van der Waals surface area contributed by atoms with Gasteiger partial charge in [0.2, 0.25) is 0 Å². The molecule has 23 heavy (non-hydrogen) atoms. The van der Waals surface area contributed by atoms with Gasteiger partial charge in [-0.3, -0.25) is 9.78 Å². The minimum atomic E-state index is -0.839. The summed E-state index contributed by atoms with van der Waals surface area (Å²) >= 11 is 0. The molecule has 4 heteroatoms. The van der Waals surface area contributed by atoms with Crippen LogP contribution in [-0.4, -0.2) is 28.1 Å². The van der Waals surface area contributed by atoms with Gasteiger partial charge in [-0.1, -0.05) is 25.3 Å². The van der Waals surface area contributed by atoms with E-state index in [4.69, 9.17) is 0 Å². The predicted molar refractivity (Wildman–Crippen MR) is 91.3 cm³/mol. The number of nitrogens with one attached hydrogen (secondary N) is 1. The highest BCUT2D eigenvalue weighted by Gasteiger charge is 2.33. The summed E-state index contributed by atoms with van der Waals surface area (Å²) in [5, 5.41) is 14.5. The first kappa shape index (κ1) is 15.9. The molecule has 1 aromatic heterocycles. The van der Waals surface area contributed by atoms with E-state index in [0.29, 0.717) is 12.1 Å². The van der Waals surface area contributed by atoms with Crippen LogP contribution in [0, 0.1) is 5.92 Å². The van der Waals surface area contributed by atoms with E-state index in [1.165, 1.54) is 19.3 Å². The smallest absolute Gasteiger partial charge is 0.251 e. The van der Waals surface area contributed by atoms with Crippen LogP contribution in [0.25, 0.3) is 10.9 Å². The molecule has 0 spiro atoms. The van der Waals surface area contributed by atoms with Gasteiger partial charge in [-0.25, -0.2) is 0 Å². The van der Waals surface area contributed by atoms with Crippen molar-refractivity contribution < 1.29 is 9.90 Å². The van der Waals surface area contributed by atoms with Crippen molar-refractivity contribution in [2.24, 2.45) is 5.92 Å². The molecular formula is C19H24N2O2. The monoisotopic (exact) mass is 312 g/mol. The van der Waals surface area contributed by atoms with Gasteiger partial charge in [-0.15, -0.1) is 0 Å². The van der Waals surface area contributed by atoms with Crippen LogP contribution in [0.3, 0.4) is 0 Å². The van der Waals surface area contributed by atoms with Crippen molar-refractivity contribution in [1.82, 2.24) is 10.3 Å². The zero-order valence-corrected chi connectivity index (χ0v) is 13.6. The van der Waals surface area contributed by atoms with Crippen LogP contribution in [0.1, 0.15) is 49.4 Å². The quantitative estimate of drug-likeness (QED) is 0.910. The topological polar surface area (TPSA) is 62.2 Å². The first-order chi connectivity index (χ1) is 11.1. The largest absolute Gasteiger partial charge is 0.388 e. The van der Waals surface area contributed by atoms with E-state index in [2.05, 4.69) is 10.3 Å². The van der Waals surface area contributed by atoms with Crippen LogP contribution in [0.5, 0.6) is 0 Å². The van der Waals surface area contributed by atoms with Crippen molar-refractivity contribution in [2.45, 2.75) is 44.6 Å². The average molecular weight is 312 g/mol. The maximum atomic E-state index is 12.4. The van der Waals surface area contributed by atoms with Crippen molar-refractivity contribution in [3.05, 3.63) is 42.1 Å². The molecule has 0 aliphatic heterocycles. The number of hydrogen-bond donors (Lipinski definition) is 2. The first-order valence-electron chi connectivity index (χ1n) is 8.42. The normalized spacial score (nSPS) is 18.5. The minimum Gasteiger partial charge on any atom is -0.388 e. The Morgan fingerprint density at radius 2 is 2.09 bits per heavy atom. The third-order valence-electron chi connectivity index (χ3n) is 4.96. The van der Waals surface area contributed by atoms with Crippen LogP contribution in [-0.2, 0) is 0 Å². The van der Waals surface area contributed by atoms with Crippen molar-refractivity contribution >= 4 is 16.8 Å². The Labute approximate surface area is 136 Å². The summed E-state index contributed by atoms with van der Waals surface area (Å²) in [4.78, 5) is 16.6. The van der Waals surface area contributed by atoms with Gasteiger partial charge >= 0.3 is 0 Å². The second-order valence-corrected chi connectivity index (χ2v) is 6.79. The molecule has 0 bridgehead atoms. The number of hydrogen-bond acceptors (Lipinski definition) is 3. The number of nitrogens with zero attached hydrogens (tertiary/aromatic N) is 1. The number of rotatable bonds is 4. The number of aromatic nitrogens is 1. The van der Waals surface area contributed by atoms with Gasteiger partial charge in [0.25, 0.3) is 5.91 Å². The Morgan fingerprint density at radius 1 is 1.30 bits per heavy atom. The SMILES string of the molecule is CC(O)(CNC(=O)c1ccc2ncccc2c1)C1CCCCC1. The van der Waals surface area contributed by atoms with Crippen molar-refractivity contribution in [2.75, 3.05) is 6.54 Å². The molecule has 1 aliphatic carbocycles. The molecule has 1 saturated carbocycles. The van der Waals surface area contributed by atoms with E-state index in [-0.39, 0.29) is 11.8 Å². The molecule has 2 N–H and O–H groups in total.